The molecule has 0 aromatic rings. The van der Waals surface area contributed by atoms with Crippen LogP contribution in [0.4, 0.5) is 0 Å². The molecule has 0 saturated carbocycles. The zero-order valence-corrected chi connectivity index (χ0v) is 24.3. The van der Waals surface area contributed by atoms with Crippen molar-refractivity contribution in [2.45, 2.75) is 167 Å². The molecule has 0 aliphatic heterocycles. The van der Waals surface area contributed by atoms with Crippen molar-refractivity contribution in [1.29, 1.82) is 0 Å². The van der Waals surface area contributed by atoms with Gasteiger partial charge in [0.1, 0.15) is 6.10 Å². The molecule has 1 amide bonds. The minimum atomic E-state index is -1.10. The number of carbonyl (C=O) groups excluding carboxylic acids is 1. The summed E-state index contributed by atoms with van der Waals surface area (Å²) >= 11 is 0. The molecule has 0 aliphatic rings. The van der Waals surface area contributed by atoms with Gasteiger partial charge in [0, 0.05) is 0 Å². The third-order valence-electron chi connectivity index (χ3n) is 7.04. The lowest BCUT2D eigenvalue weighted by Gasteiger charge is -2.21. The number of nitrogens with one attached hydrogen (secondary N) is 1. The van der Waals surface area contributed by atoms with Crippen molar-refractivity contribution in [3.63, 3.8) is 0 Å². The Morgan fingerprint density at radius 2 is 1.11 bits per heavy atom. The van der Waals surface area contributed by atoms with E-state index in [1.165, 1.54) is 89.9 Å². The van der Waals surface area contributed by atoms with E-state index in [9.17, 15) is 20.1 Å². The van der Waals surface area contributed by atoms with Crippen LogP contribution >= 0.6 is 0 Å². The minimum absolute atomic E-state index is 0.374. The maximum Gasteiger partial charge on any atom is 0.249 e. The van der Waals surface area contributed by atoms with Crippen molar-refractivity contribution in [2.75, 3.05) is 6.61 Å². The first-order valence-electron chi connectivity index (χ1n) is 15.7. The van der Waals surface area contributed by atoms with Crippen LogP contribution in [0.2, 0.25) is 0 Å². The van der Waals surface area contributed by atoms with Crippen molar-refractivity contribution in [1.82, 2.24) is 5.32 Å². The largest absolute Gasteiger partial charge is 0.394 e. The molecule has 0 aromatic heterocycles. The second-order valence-corrected chi connectivity index (χ2v) is 10.7. The van der Waals surface area contributed by atoms with Crippen molar-refractivity contribution in [3.8, 4) is 0 Å². The molecule has 4 N–H and O–H groups in total. The van der Waals surface area contributed by atoms with E-state index in [0.29, 0.717) is 6.42 Å². The molecule has 0 bridgehead atoms. The van der Waals surface area contributed by atoms with Crippen LogP contribution in [0.15, 0.2) is 24.3 Å². The topological polar surface area (TPSA) is 89.8 Å². The molecule has 0 aliphatic carbocycles. The molecule has 5 nitrogen and oxygen atoms in total. The SMILES string of the molecule is CCCCCCCCC/C=C/CC/C=C/C(O)C(CO)NC(=O)C(O)CCCCCCCCCCCC. The van der Waals surface area contributed by atoms with Crippen LogP contribution in [-0.2, 0) is 4.79 Å². The molecule has 3 unspecified atom stereocenters. The van der Waals surface area contributed by atoms with Gasteiger partial charge in [0.25, 0.3) is 0 Å². The Labute approximate surface area is 229 Å². The van der Waals surface area contributed by atoms with Gasteiger partial charge in [0.05, 0.1) is 18.8 Å². The average molecular weight is 524 g/mol. The van der Waals surface area contributed by atoms with Crippen LogP contribution in [0.5, 0.6) is 0 Å². The van der Waals surface area contributed by atoms with Gasteiger partial charge >= 0.3 is 0 Å². The van der Waals surface area contributed by atoms with Gasteiger partial charge in [-0.05, 0) is 32.1 Å². The average Bonchev–Trinajstić information content (AvgIpc) is 2.90. The number of carbonyl (C=O) groups is 1. The van der Waals surface area contributed by atoms with E-state index in [-0.39, 0.29) is 6.61 Å². The lowest BCUT2D eigenvalue weighted by Crippen LogP contribution is -2.48. The zero-order chi connectivity index (χ0) is 27.4. The first-order chi connectivity index (χ1) is 18.1. The van der Waals surface area contributed by atoms with Gasteiger partial charge in [0.2, 0.25) is 5.91 Å². The van der Waals surface area contributed by atoms with Crippen LogP contribution in [0.1, 0.15) is 149 Å². The number of rotatable bonds is 27. The predicted octanol–water partition coefficient (Wildman–Crippen LogP) is 7.53. The Morgan fingerprint density at radius 3 is 1.65 bits per heavy atom. The van der Waals surface area contributed by atoms with Gasteiger partial charge < -0.3 is 20.6 Å². The summed E-state index contributed by atoms with van der Waals surface area (Å²) in [5.41, 5.74) is 0. The molecule has 0 heterocycles. The van der Waals surface area contributed by atoms with E-state index >= 15 is 0 Å². The number of hydrogen-bond acceptors (Lipinski definition) is 4. The van der Waals surface area contributed by atoms with E-state index in [1.54, 1.807) is 6.08 Å². The summed E-state index contributed by atoms with van der Waals surface area (Å²) in [6.07, 6.45) is 30.4. The molecule has 0 spiro atoms. The quantitative estimate of drug-likeness (QED) is 0.0661. The summed E-state index contributed by atoms with van der Waals surface area (Å²) < 4.78 is 0. The smallest absolute Gasteiger partial charge is 0.249 e. The molecule has 5 heteroatoms. The third kappa shape index (κ3) is 23.7. The fraction of sp³-hybridized carbons (Fsp3) is 0.844. The van der Waals surface area contributed by atoms with Crippen LogP contribution in [0.25, 0.3) is 0 Å². The Bertz CT molecular complexity index is 549. The number of hydrogen-bond donors (Lipinski definition) is 4. The number of amides is 1. The van der Waals surface area contributed by atoms with E-state index in [2.05, 4.69) is 31.3 Å². The number of aliphatic hydroxyl groups is 3. The number of allylic oxidation sites excluding steroid dienone is 3. The minimum Gasteiger partial charge on any atom is -0.394 e. The van der Waals surface area contributed by atoms with Crippen LogP contribution in [0.3, 0.4) is 0 Å². The Hall–Kier alpha value is -1.17. The standard InChI is InChI=1S/C32H61NO4/c1-3-5-7-9-11-13-15-16-17-19-20-22-24-26-30(35)29(28-34)33-32(37)31(36)27-25-23-21-18-14-12-10-8-6-4-2/h17,19,24,26,29-31,34-36H,3-16,18,20-23,25,27-28H2,1-2H3,(H,33,37)/b19-17+,26-24+. The maximum absolute atomic E-state index is 12.3. The summed E-state index contributed by atoms with van der Waals surface area (Å²) in [4.78, 5) is 12.3. The molecule has 0 saturated heterocycles. The number of aliphatic hydroxyl groups excluding tert-OH is 3. The molecule has 0 aromatic carbocycles. The summed E-state index contributed by atoms with van der Waals surface area (Å²) in [6, 6.07) is -0.807. The van der Waals surface area contributed by atoms with E-state index in [1.807, 2.05) is 6.08 Å². The van der Waals surface area contributed by atoms with Crippen molar-refractivity contribution in [3.05, 3.63) is 24.3 Å². The second kappa shape index (κ2) is 27.9. The first-order valence-corrected chi connectivity index (χ1v) is 15.7. The normalized spacial score (nSPS) is 14.4. The molecular weight excluding hydrogens is 462 g/mol. The van der Waals surface area contributed by atoms with Crippen LogP contribution in [-0.4, -0.2) is 46.1 Å². The highest BCUT2D eigenvalue weighted by molar-refractivity contribution is 5.80. The second-order valence-electron chi connectivity index (χ2n) is 10.7. The van der Waals surface area contributed by atoms with Gasteiger partial charge in [-0.2, -0.15) is 0 Å². The fourth-order valence-electron chi connectivity index (χ4n) is 4.49. The third-order valence-corrected chi connectivity index (χ3v) is 7.04. The fourth-order valence-corrected chi connectivity index (χ4v) is 4.49. The molecular formula is C32H61NO4. The molecule has 218 valence electrons. The van der Waals surface area contributed by atoms with Gasteiger partial charge in [-0.3, -0.25) is 4.79 Å². The Kier molecular flexibility index (Phi) is 27.0. The van der Waals surface area contributed by atoms with Crippen molar-refractivity contribution in [2.24, 2.45) is 0 Å². The lowest BCUT2D eigenvalue weighted by atomic mass is 10.0. The summed E-state index contributed by atoms with van der Waals surface area (Å²) in [5.74, 6) is -0.518. The van der Waals surface area contributed by atoms with Gasteiger partial charge in [-0.25, -0.2) is 0 Å². The van der Waals surface area contributed by atoms with Gasteiger partial charge in [-0.1, -0.05) is 141 Å². The van der Waals surface area contributed by atoms with E-state index < -0.39 is 24.2 Å². The summed E-state index contributed by atoms with van der Waals surface area (Å²) in [6.45, 7) is 4.10. The zero-order valence-electron chi connectivity index (χ0n) is 24.3. The maximum atomic E-state index is 12.3. The molecule has 0 fully saturated rings. The lowest BCUT2D eigenvalue weighted by molar-refractivity contribution is -0.131. The van der Waals surface area contributed by atoms with Gasteiger partial charge in [0.15, 0.2) is 0 Å². The molecule has 3 atom stereocenters. The Morgan fingerprint density at radius 1 is 0.649 bits per heavy atom. The highest BCUT2D eigenvalue weighted by atomic mass is 16.3. The van der Waals surface area contributed by atoms with Crippen LogP contribution in [0, 0.1) is 0 Å². The summed E-state index contributed by atoms with van der Waals surface area (Å²) in [5, 5.41) is 32.7. The predicted molar refractivity (Wildman–Crippen MR) is 158 cm³/mol. The summed E-state index contributed by atoms with van der Waals surface area (Å²) in [7, 11) is 0. The van der Waals surface area contributed by atoms with Crippen LogP contribution < -0.4 is 5.32 Å². The molecule has 0 radical (unpaired) electrons. The first kappa shape index (κ1) is 35.8. The van der Waals surface area contributed by atoms with Gasteiger partial charge in [-0.15, -0.1) is 0 Å². The molecule has 37 heavy (non-hydrogen) atoms. The van der Waals surface area contributed by atoms with Crippen molar-refractivity contribution >= 4 is 5.91 Å². The highest BCUT2D eigenvalue weighted by Gasteiger charge is 2.22. The van der Waals surface area contributed by atoms with E-state index in [0.717, 1.165) is 38.5 Å². The molecule has 0 rings (SSSR count). The monoisotopic (exact) mass is 523 g/mol. The highest BCUT2D eigenvalue weighted by Crippen LogP contribution is 2.13. The van der Waals surface area contributed by atoms with Crippen molar-refractivity contribution < 1.29 is 20.1 Å². The van der Waals surface area contributed by atoms with E-state index in [4.69, 9.17) is 0 Å². The number of unbranched alkanes of at least 4 members (excludes halogenated alkanes) is 17. The Balaban J connectivity index is 3.89.